The Morgan fingerprint density at radius 1 is 0.289 bits per heavy atom. The van der Waals surface area contributed by atoms with Crippen molar-refractivity contribution < 1.29 is 0 Å². The van der Waals surface area contributed by atoms with E-state index in [2.05, 4.69) is 306 Å². The molecule has 2 aliphatic rings. The van der Waals surface area contributed by atoms with Crippen LogP contribution in [0.5, 0.6) is 0 Å². The molecule has 76 heavy (non-hydrogen) atoms. The fourth-order valence-corrected chi connectivity index (χ4v) is 12.4. The van der Waals surface area contributed by atoms with Crippen LogP contribution in [0.4, 0.5) is 68.2 Å². The third kappa shape index (κ3) is 7.98. The van der Waals surface area contributed by atoms with E-state index in [0.29, 0.717) is 0 Å². The van der Waals surface area contributed by atoms with E-state index in [1.807, 2.05) is 0 Å². The lowest BCUT2D eigenvalue weighted by atomic mass is 9.59. The van der Waals surface area contributed by atoms with Crippen LogP contribution in [-0.4, -0.2) is 0 Å². The molecule has 0 aromatic heterocycles. The van der Waals surface area contributed by atoms with E-state index in [4.69, 9.17) is 0 Å². The van der Waals surface area contributed by atoms with Crippen LogP contribution >= 0.6 is 0 Å². The van der Waals surface area contributed by atoms with Crippen LogP contribution in [-0.2, 0) is 17.3 Å². The molecule has 0 fully saturated rings. The second-order valence-electron chi connectivity index (χ2n) is 22.1. The van der Waals surface area contributed by atoms with Gasteiger partial charge in [0.2, 0.25) is 0 Å². The van der Waals surface area contributed by atoms with Gasteiger partial charge >= 0.3 is 0 Å². The summed E-state index contributed by atoms with van der Waals surface area (Å²) in [5.74, 6) is 0. The third-order valence-electron chi connectivity index (χ3n) is 16.5. The lowest BCUT2D eigenvalue weighted by Gasteiger charge is -2.47. The van der Waals surface area contributed by atoms with Gasteiger partial charge in [0.1, 0.15) is 0 Å². The molecule has 10 aromatic rings. The van der Waals surface area contributed by atoms with Gasteiger partial charge in [0.25, 0.3) is 0 Å². The predicted octanol–water partition coefficient (Wildman–Crippen LogP) is 20.0. The summed E-state index contributed by atoms with van der Waals surface area (Å²) in [6.07, 6.45) is 0.774. The van der Waals surface area contributed by atoms with Crippen LogP contribution in [0.3, 0.4) is 0 Å². The van der Waals surface area contributed by atoms with Crippen molar-refractivity contribution in [3.8, 4) is 0 Å². The molecular formula is C72H66N4. The zero-order chi connectivity index (χ0) is 52.5. The molecule has 0 radical (unpaired) electrons. The molecule has 1 heterocycles. The molecule has 12 rings (SSSR count). The number of hydrogen-bond acceptors (Lipinski definition) is 4. The molecule has 0 saturated heterocycles. The van der Waals surface area contributed by atoms with Crippen molar-refractivity contribution in [3.63, 3.8) is 0 Å². The highest BCUT2D eigenvalue weighted by molar-refractivity contribution is 5.98. The quantitative estimate of drug-likeness (QED) is 0.150. The number of benzene rings is 10. The van der Waals surface area contributed by atoms with Crippen molar-refractivity contribution in [1.29, 1.82) is 0 Å². The van der Waals surface area contributed by atoms with Crippen LogP contribution in [0, 0.1) is 34.6 Å². The lowest BCUT2D eigenvalue weighted by molar-refractivity contribution is 0.521. The second kappa shape index (κ2) is 19.0. The van der Waals surface area contributed by atoms with Gasteiger partial charge in [0.05, 0.1) is 22.7 Å². The van der Waals surface area contributed by atoms with Gasteiger partial charge < -0.3 is 19.6 Å². The van der Waals surface area contributed by atoms with Crippen LogP contribution in [0.1, 0.15) is 88.9 Å². The maximum absolute atomic E-state index is 2.58. The Balaban J connectivity index is 1.22. The Morgan fingerprint density at radius 3 is 1.01 bits per heavy atom. The summed E-state index contributed by atoms with van der Waals surface area (Å²) >= 11 is 0. The summed E-state index contributed by atoms with van der Waals surface area (Å²) in [7, 11) is 0. The van der Waals surface area contributed by atoms with E-state index in [1.165, 1.54) is 72.6 Å². The first-order valence-corrected chi connectivity index (χ1v) is 26.9. The molecule has 0 saturated carbocycles. The molecule has 1 aliphatic heterocycles. The zero-order valence-corrected chi connectivity index (χ0v) is 45.4. The molecule has 0 unspecified atom stereocenters. The van der Waals surface area contributed by atoms with E-state index in [9.17, 15) is 0 Å². The van der Waals surface area contributed by atoms with Gasteiger partial charge in [0.15, 0.2) is 0 Å². The Morgan fingerprint density at radius 2 is 0.605 bits per heavy atom. The maximum Gasteiger partial charge on any atom is 0.0705 e. The SMILES string of the molecule is Cc1ccccc1N(c1ccccc1)c1cc2c(cc1N(c1ccccc1C)c1ccccc1C)C(C)(C)c1cc3c(cc1C2(C)C)N(c1ccccc1C)c1ccccc1Cc1ccccc1N3c1ccccc1C. The Labute approximate surface area is 450 Å². The van der Waals surface area contributed by atoms with Crippen molar-refractivity contribution >= 4 is 68.2 Å². The standard InChI is InChI=1S/C72H66N4/c1-48-27-13-20-36-60(48)73(55-34-11-10-12-35-55)67-44-56-57(45-68(67)74(61-37-21-14-28-49(61)2)62-38-22-15-29-50(62)3)72(8,9)59-47-70-69(46-58(59)71(56,6)7)75(63-39-23-16-30-51(63)4)65-41-25-18-32-53(65)43-54-33-19-26-42-66(54)76(70)64-40-24-17-31-52(64)5/h10-42,44-47H,43H2,1-9H3. The topological polar surface area (TPSA) is 13.0 Å². The fraction of sp³-hybridized carbons (Fsp3) is 0.167. The Hall–Kier alpha value is -8.60. The first-order chi connectivity index (χ1) is 36.8. The van der Waals surface area contributed by atoms with Crippen molar-refractivity contribution in [2.24, 2.45) is 0 Å². The van der Waals surface area contributed by atoms with Gasteiger partial charge in [-0.1, -0.05) is 173 Å². The first-order valence-electron chi connectivity index (χ1n) is 26.9. The molecule has 0 bridgehead atoms. The first kappa shape index (κ1) is 48.3. The monoisotopic (exact) mass is 987 g/mol. The van der Waals surface area contributed by atoms with E-state index >= 15 is 0 Å². The molecule has 0 N–H and O–H groups in total. The number of fused-ring (bicyclic) bond motifs is 5. The molecule has 4 heteroatoms. The molecule has 10 aromatic carbocycles. The molecule has 0 atom stereocenters. The number of nitrogens with zero attached hydrogens (tertiary/aromatic N) is 4. The van der Waals surface area contributed by atoms with Crippen LogP contribution in [0.15, 0.2) is 224 Å². The van der Waals surface area contributed by atoms with Gasteiger partial charge in [-0.25, -0.2) is 0 Å². The van der Waals surface area contributed by atoms with E-state index in [-0.39, 0.29) is 0 Å². The molecule has 0 spiro atoms. The van der Waals surface area contributed by atoms with E-state index < -0.39 is 10.8 Å². The minimum Gasteiger partial charge on any atom is -0.308 e. The molecular weight excluding hydrogens is 921 g/mol. The van der Waals surface area contributed by atoms with Gasteiger partial charge in [-0.3, -0.25) is 0 Å². The highest BCUT2D eigenvalue weighted by Gasteiger charge is 2.45. The number of rotatable bonds is 8. The summed E-state index contributed by atoms with van der Waals surface area (Å²) < 4.78 is 0. The predicted molar refractivity (Wildman–Crippen MR) is 322 cm³/mol. The Kier molecular flexibility index (Phi) is 12.1. The summed E-state index contributed by atoms with van der Waals surface area (Å²) in [4.78, 5) is 10.2. The van der Waals surface area contributed by atoms with E-state index in [1.54, 1.807) is 0 Å². The van der Waals surface area contributed by atoms with Gasteiger partial charge in [-0.15, -0.1) is 0 Å². The van der Waals surface area contributed by atoms with E-state index in [0.717, 1.165) is 63.3 Å². The highest BCUT2D eigenvalue weighted by Crippen LogP contribution is 2.60. The summed E-state index contributed by atoms with van der Waals surface area (Å²) in [6, 6.07) is 83.7. The van der Waals surface area contributed by atoms with Gasteiger partial charge in [-0.2, -0.15) is 0 Å². The lowest BCUT2D eigenvalue weighted by Crippen LogP contribution is -2.38. The molecule has 0 amide bonds. The summed E-state index contributed by atoms with van der Waals surface area (Å²) in [5, 5.41) is 0. The average Bonchev–Trinajstić information content (AvgIpc) is 3.47. The average molecular weight is 987 g/mol. The summed E-state index contributed by atoms with van der Waals surface area (Å²) in [5.41, 5.74) is 26.6. The van der Waals surface area contributed by atoms with Crippen molar-refractivity contribution in [1.82, 2.24) is 0 Å². The second-order valence-corrected chi connectivity index (χ2v) is 22.1. The zero-order valence-electron chi connectivity index (χ0n) is 45.4. The van der Waals surface area contributed by atoms with Gasteiger partial charge in [-0.05, 0) is 175 Å². The minimum absolute atomic E-state index is 0.479. The highest BCUT2D eigenvalue weighted by atomic mass is 15.2. The molecule has 374 valence electrons. The summed E-state index contributed by atoms with van der Waals surface area (Å²) in [6.45, 7) is 21.1. The molecule has 4 nitrogen and oxygen atoms in total. The normalized spacial score (nSPS) is 14.0. The number of anilines is 12. The fourth-order valence-electron chi connectivity index (χ4n) is 12.4. The van der Waals surface area contributed by atoms with Crippen molar-refractivity contribution in [3.05, 3.63) is 286 Å². The number of aryl methyl sites for hydroxylation is 5. The third-order valence-corrected chi connectivity index (χ3v) is 16.5. The van der Waals surface area contributed by atoms with Crippen LogP contribution in [0.2, 0.25) is 0 Å². The van der Waals surface area contributed by atoms with Crippen LogP contribution < -0.4 is 19.6 Å². The largest absolute Gasteiger partial charge is 0.308 e. The van der Waals surface area contributed by atoms with Gasteiger partial charge in [0, 0.05) is 62.7 Å². The number of para-hydroxylation sites is 8. The van der Waals surface area contributed by atoms with Crippen LogP contribution in [0.25, 0.3) is 0 Å². The smallest absolute Gasteiger partial charge is 0.0705 e. The number of hydrogen-bond donors (Lipinski definition) is 0. The van der Waals surface area contributed by atoms with Crippen molar-refractivity contribution in [2.45, 2.75) is 79.6 Å². The Bertz CT molecular complexity index is 3790. The minimum atomic E-state index is -0.480. The molecule has 1 aliphatic carbocycles. The maximum atomic E-state index is 2.58. The van der Waals surface area contributed by atoms with Crippen molar-refractivity contribution in [2.75, 3.05) is 19.6 Å².